The normalized spacial score (nSPS) is 19.2. The van der Waals surface area contributed by atoms with Gasteiger partial charge in [0, 0.05) is 13.8 Å². The summed E-state index contributed by atoms with van der Waals surface area (Å²) in [6.45, 7) is 13.8. The highest BCUT2D eigenvalue weighted by Crippen LogP contribution is 2.52. The minimum Gasteiger partial charge on any atom is -0.462 e. The summed E-state index contributed by atoms with van der Waals surface area (Å²) in [5, 5.41) is 0. The highest BCUT2D eigenvalue weighted by atomic mass is 31.2. The van der Waals surface area contributed by atoms with E-state index in [2.05, 4.69) is 27.7 Å². The fourth-order valence-corrected chi connectivity index (χ4v) is 4.01. The minimum atomic E-state index is -4.43. The third-order valence-corrected chi connectivity index (χ3v) is 6.44. The van der Waals surface area contributed by atoms with E-state index in [-0.39, 0.29) is 12.0 Å². The van der Waals surface area contributed by atoms with Crippen molar-refractivity contribution in [3.05, 3.63) is 0 Å². The van der Waals surface area contributed by atoms with Gasteiger partial charge in [0.05, 0.1) is 12.2 Å². The summed E-state index contributed by atoms with van der Waals surface area (Å²) in [7, 11) is -4.43. The summed E-state index contributed by atoms with van der Waals surface area (Å²) in [6.07, 6.45) is 0.996. The highest BCUT2D eigenvalue weighted by Gasteiger charge is 2.41. The molecule has 0 aromatic heterocycles. The number of carbonyl (C=O) groups is 2. The van der Waals surface area contributed by atoms with E-state index >= 15 is 0 Å². The molecule has 0 aliphatic heterocycles. The molecule has 9 heteroatoms. The Hall–Kier alpha value is -0.950. The van der Waals surface area contributed by atoms with Gasteiger partial charge in [-0.15, -0.1) is 0 Å². The lowest BCUT2D eigenvalue weighted by Gasteiger charge is -2.41. The molecule has 8 nitrogen and oxygen atoms in total. The van der Waals surface area contributed by atoms with Crippen LogP contribution in [0.3, 0.4) is 0 Å². The largest absolute Gasteiger partial charge is 0.472 e. The smallest absolute Gasteiger partial charge is 0.462 e. The van der Waals surface area contributed by atoms with E-state index in [1.54, 1.807) is 6.92 Å². The van der Waals surface area contributed by atoms with Gasteiger partial charge in [-0.3, -0.25) is 18.6 Å². The van der Waals surface area contributed by atoms with Crippen molar-refractivity contribution < 1.29 is 37.6 Å². The Kier molecular flexibility index (Phi) is 10.9. The molecular formula is C19H37O8P. The molecule has 0 fully saturated rings. The predicted octanol–water partition coefficient (Wildman–Crippen LogP) is 4.25. The van der Waals surface area contributed by atoms with Gasteiger partial charge in [-0.1, -0.05) is 41.0 Å². The number of hydrogen-bond donors (Lipinski definition) is 1. The van der Waals surface area contributed by atoms with Crippen LogP contribution in [0.2, 0.25) is 0 Å². The average Bonchev–Trinajstić information content (AvgIpc) is 2.56. The van der Waals surface area contributed by atoms with E-state index in [4.69, 9.17) is 18.5 Å². The van der Waals surface area contributed by atoms with Gasteiger partial charge in [0.25, 0.3) is 0 Å². The monoisotopic (exact) mass is 424 g/mol. The van der Waals surface area contributed by atoms with Crippen LogP contribution >= 0.6 is 7.82 Å². The van der Waals surface area contributed by atoms with Gasteiger partial charge in [0.15, 0.2) is 6.10 Å². The van der Waals surface area contributed by atoms with Gasteiger partial charge >= 0.3 is 19.8 Å². The van der Waals surface area contributed by atoms with Gasteiger partial charge in [-0.25, -0.2) is 4.57 Å². The molecule has 0 aromatic carbocycles. The Morgan fingerprint density at radius 3 is 2.00 bits per heavy atom. The van der Waals surface area contributed by atoms with Gasteiger partial charge in [0.2, 0.25) is 0 Å². The SMILES string of the molecule is CCC(C)(CC(C)(CC)C(C)C)OP(=O)(O)OCC(COC(C)=O)OC(C)=O. The highest BCUT2D eigenvalue weighted by molar-refractivity contribution is 7.47. The summed E-state index contributed by atoms with van der Waals surface area (Å²) < 4.78 is 32.9. The van der Waals surface area contributed by atoms with Crippen LogP contribution in [-0.2, 0) is 32.7 Å². The maximum absolute atomic E-state index is 12.5. The molecule has 0 bridgehead atoms. The number of phosphoric acid groups is 1. The fraction of sp³-hybridized carbons (Fsp3) is 0.895. The average molecular weight is 424 g/mol. The fourth-order valence-electron chi connectivity index (χ4n) is 2.86. The van der Waals surface area contributed by atoms with E-state index in [1.165, 1.54) is 13.8 Å². The Labute approximate surface area is 168 Å². The predicted molar refractivity (Wildman–Crippen MR) is 106 cm³/mol. The first-order valence-corrected chi connectivity index (χ1v) is 11.2. The van der Waals surface area contributed by atoms with Crippen molar-refractivity contribution in [3.8, 4) is 0 Å². The topological polar surface area (TPSA) is 108 Å². The Bertz CT molecular complexity index is 564. The Balaban J connectivity index is 5.11. The number of esters is 2. The summed E-state index contributed by atoms with van der Waals surface area (Å²) >= 11 is 0. The van der Waals surface area contributed by atoms with Crippen LogP contribution in [0.15, 0.2) is 0 Å². The standard InChI is InChI=1S/C19H37O8P/c1-9-18(7,14(3)4)13-19(8,10-2)27-28(22,23)25-12-17(26-16(6)21)11-24-15(5)20/h14,17H,9-13H2,1-8H3,(H,22,23). The molecule has 0 aliphatic rings. The van der Waals surface area contributed by atoms with Crippen LogP contribution in [-0.4, -0.2) is 41.8 Å². The van der Waals surface area contributed by atoms with Gasteiger partial charge in [0.1, 0.15) is 6.61 Å². The second kappa shape index (κ2) is 11.3. The molecule has 4 atom stereocenters. The first-order chi connectivity index (χ1) is 12.7. The third kappa shape index (κ3) is 10.0. The number of carbonyl (C=O) groups excluding carboxylic acids is 2. The minimum absolute atomic E-state index is 0.0691. The summed E-state index contributed by atoms with van der Waals surface area (Å²) in [4.78, 5) is 32.3. The number of hydrogen-bond acceptors (Lipinski definition) is 7. The third-order valence-electron chi connectivity index (χ3n) is 5.29. The summed E-state index contributed by atoms with van der Waals surface area (Å²) in [5.41, 5.74) is -0.938. The zero-order chi connectivity index (χ0) is 22.2. The Morgan fingerprint density at radius 2 is 1.61 bits per heavy atom. The van der Waals surface area contributed by atoms with Gasteiger partial charge in [-0.05, 0) is 31.1 Å². The van der Waals surface area contributed by atoms with Gasteiger partial charge in [-0.2, -0.15) is 0 Å². The van der Waals surface area contributed by atoms with E-state index < -0.39 is 38.1 Å². The van der Waals surface area contributed by atoms with Crippen LogP contribution < -0.4 is 0 Å². The van der Waals surface area contributed by atoms with Crippen molar-refractivity contribution in [2.75, 3.05) is 13.2 Å². The van der Waals surface area contributed by atoms with Crippen LogP contribution in [0.1, 0.15) is 74.7 Å². The lowest BCUT2D eigenvalue weighted by Crippen LogP contribution is -2.37. The van der Waals surface area contributed by atoms with E-state index in [0.29, 0.717) is 18.8 Å². The molecule has 28 heavy (non-hydrogen) atoms. The molecule has 0 aromatic rings. The zero-order valence-electron chi connectivity index (χ0n) is 18.4. The molecule has 1 N–H and O–H groups in total. The molecule has 166 valence electrons. The Morgan fingerprint density at radius 1 is 1.04 bits per heavy atom. The van der Waals surface area contributed by atoms with E-state index in [9.17, 15) is 19.0 Å². The first kappa shape index (κ1) is 27.0. The summed E-state index contributed by atoms with van der Waals surface area (Å²) in [5.74, 6) is -0.821. The number of phosphoric ester groups is 1. The lowest BCUT2D eigenvalue weighted by molar-refractivity contribution is -0.158. The van der Waals surface area contributed by atoms with Crippen molar-refractivity contribution in [2.24, 2.45) is 11.3 Å². The number of rotatable bonds is 13. The molecular weight excluding hydrogens is 387 g/mol. The molecule has 0 saturated carbocycles. The molecule has 0 spiro atoms. The molecule has 0 rings (SSSR count). The molecule has 0 aliphatic carbocycles. The lowest BCUT2D eigenvalue weighted by atomic mass is 9.69. The van der Waals surface area contributed by atoms with Crippen molar-refractivity contribution in [1.82, 2.24) is 0 Å². The van der Waals surface area contributed by atoms with Crippen LogP contribution in [0.25, 0.3) is 0 Å². The number of ether oxygens (including phenoxy) is 2. The van der Waals surface area contributed by atoms with Crippen LogP contribution in [0.5, 0.6) is 0 Å². The van der Waals surface area contributed by atoms with Crippen molar-refractivity contribution in [2.45, 2.75) is 86.4 Å². The zero-order valence-corrected chi connectivity index (χ0v) is 19.3. The second-order valence-corrected chi connectivity index (χ2v) is 9.41. The quantitative estimate of drug-likeness (QED) is 0.345. The molecule has 0 heterocycles. The molecule has 0 radical (unpaired) electrons. The molecule has 0 amide bonds. The van der Waals surface area contributed by atoms with Crippen molar-refractivity contribution in [3.63, 3.8) is 0 Å². The summed E-state index contributed by atoms with van der Waals surface area (Å²) in [6, 6.07) is 0. The molecule has 4 unspecified atom stereocenters. The second-order valence-electron chi connectivity index (χ2n) is 8.03. The van der Waals surface area contributed by atoms with Crippen molar-refractivity contribution in [1.29, 1.82) is 0 Å². The van der Waals surface area contributed by atoms with Crippen LogP contribution in [0.4, 0.5) is 0 Å². The van der Waals surface area contributed by atoms with E-state index in [1.807, 2.05) is 6.92 Å². The van der Waals surface area contributed by atoms with Crippen molar-refractivity contribution >= 4 is 19.8 Å². The maximum Gasteiger partial charge on any atom is 0.472 e. The van der Waals surface area contributed by atoms with E-state index in [0.717, 1.165) is 6.42 Å². The first-order valence-electron chi connectivity index (χ1n) is 9.67. The maximum atomic E-state index is 12.5. The molecule has 0 saturated heterocycles. The van der Waals surface area contributed by atoms with Gasteiger partial charge < -0.3 is 14.4 Å². The van der Waals surface area contributed by atoms with Crippen LogP contribution in [0, 0.1) is 11.3 Å².